The van der Waals surface area contributed by atoms with Crippen LogP contribution in [-0.2, 0) is 0 Å². The Balaban J connectivity index is 2.40. The van der Waals surface area contributed by atoms with Gasteiger partial charge in [0.05, 0.1) is 3.70 Å². The summed E-state index contributed by atoms with van der Waals surface area (Å²) in [7, 11) is -1.61. The van der Waals surface area contributed by atoms with Crippen molar-refractivity contribution >= 4 is 36.8 Å². The average molecular weight is 365 g/mol. The van der Waals surface area contributed by atoms with E-state index in [1.807, 2.05) is 0 Å². The fourth-order valence-corrected chi connectivity index (χ4v) is 14.3. The Morgan fingerprint density at radius 1 is 1.22 bits per heavy atom. The van der Waals surface area contributed by atoms with E-state index in [1.165, 1.54) is 36.8 Å². The zero-order valence-electron chi connectivity index (χ0n) is 15.0. The molecule has 1 fully saturated rings. The van der Waals surface area contributed by atoms with E-state index in [0.717, 1.165) is 12.3 Å². The predicted molar refractivity (Wildman–Crippen MR) is 114 cm³/mol. The van der Waals surface area contributed by atoms with E-state index in [-0.39, 0.29) is 0 Å². The molecule has 1 aliphatic rings. The Kier molecular flexibility index (Phi) is 7.37. The van der Waals surface area contributed by atoms with Gasteiger partial charge in [0.1, 0.15) is 8.07 Å². The van der Waals surface area contributed by atoms with Gasteiger partial charge < -0.3 is 0 Å². The second kappa shape index (κ2) is 8.82. The van der Waals surface area contributed by atoms with Crippen LogP contribution in [0.5, 0.6) is 0 Å². The molecule has 1 aromatic carbocycles. The van der Waals surface area contributed by atoms with Gasteiger partial charge in [-0.1, -0.05) is 62.0 Å². The van der Waals surface area contributed by atoms with Gasteiger partial charge in [-0.05, 0) is 49.2 Å². The van der Waals surface area contributed by atoms with Crippen molar-refractivity contribution in [3.05, 3.63) is 43.0 Å². The molecule has 0 saturated carbocycles. The molecule has 128 valence electrons. The maximum absolute atomic E-state index is 4.01. The smallest absolute Gasteiger partial charge is 0.113 e. The van der Waals surface area contributed by atoms with E-state index < -0.39 is 8.07 Å². The zero-order chi connectivity index (χ0) is 16.8. The van der Waals surface area contributed by atoms with Crippen molar-refractivity contribution in [1.29, 1.82) is 0 Å². The van der Waals surface area contributed by atoms with E-state index in [0.29, 0.717) is 3.70 Å². The molecule has 0 radical (unpaired) electrons. The lowest BCUT2D eigenvalue weighted by Gasteiger charge is -2.49. The molecular formula is C20H32S2Si. The summed E-state index contributed by atoms with van der Waals surface area (Å²) >= 11 is 4.59. The van der Waals surface area contributed by atoms with Crippen LogP contribution in [0.15, 0.2) is 43.0 Å². The zero-order valence-corrected chi connectivity index (χ0v) is 17.6. The fraction of sp³-hybridized carbons (Fsp3) is 0.600. The van der Waals surface area contributed by atoms with Crippen molar-refractivity contribution in [2.75, 3.05) is 11.5 Å². The van der Waals surface area contributed by atoms with Crippen molar-refractivity contribution in [3.8, 4) is 0 Å². The van der Waals surface area contributed by atoms with Gasteiger partial charge in [-0.25, -0.2) is 0 Å². The van der Waals surface area contributed by atoms with E-state index >= 15 is 0 Å². The monoisotopic (exact) mass is 364 g/mol. The van der Waals surface area contributed by atoms with Gasteiger partial charge in [-0.2, -0.15) is 0 Å². The Morgan fingerprint density at radius 2 is 1.87 bits per heavy atom. The number of rotatable bonds is 8. The summed E-state index contributed by atoms with van der Waals surface area (Å²) < 4.78 is 0.444. The highest BCUT2D eigenvalue weighted by Crippen LogP contribution is 2.53. The first-order valence-electron chi connectivity index (χ1n) is 8.98. The van der Waals surface area contributed by atoms with Crippen molar-refractivity contribution in [2.45, 2.75) is 55.8 Å². The Labute approximate surface area is 152 Å². The number of hydrogen-bond donors (Lipinski definition) is 0. The topological polar surface area (TPSA) is 0 Å². The van der Waals surface area contributed by atoms with Crippen molar-refractivity contribution in [2.24, 2.45) is 5.92 Å². The number of thioether (sulfide) groups is 2. The first-order valence-corrected chi connectivity index (χ1v) is 13.7. The molecule has 0 bridgehead atoms. The van der Waals surface area contributed by atoms with Crippen LogP contribution in [0.4, 0.5) is 0 Å². The third kappa shape index (κ3) is 4.49. The predicted octanol–water partition coefficient (Wildman–Crippen LogP) is 6.09. The van der Waals surface area contributed by atoms with Crippen molar-refractivity contribution in [1.82, 2.24) is 0 Å². The highest BCUT2D eigenvalue weighted by molar-refractivity contribution is 8.21. The lowest BCUT2D eigenvalue weighted by molar-refractivity contribution is 0.560. The molecular weight excluding hydrogens is 332 g/mol. The SMILES string of the molecule is C=CCC[Si](C)(c1ccccc1)C1(CCC(C)C)SCCCS1. The first kappa shape index (κ1) is 19.2. The molecule has 3 heteroatoms. The first-order chi connectivity index (χ1) is 11.0. The molecule has 0 aliphatic carbocycles. The third-order valence-electron chi connectivity index (χ3n) is 5.11. The minimum absolute atomic E-state index is 0.444. The maximum Gasteiger partial charge on any atom is 0.113 e. The van der Waals surface area contributed by atoms with E-state index in [2.05, 4.69) is 86.9 Å². The lowest BCUT2D eigenvalue weighted by atomic mass is 10.1. The highest BCUT2D eigenvalue weighted by atomic mass is 32.2. The van der Waals surface area contributed by atoms with E-state index in [1.54, 1.807) is 5.19 Å². The molecule has 0 nitrogen and oxygen atoms in total. The summed E-state index contributed by atoms with van der Waals surface area (Å²) in [5, 5.41) is 1.65. The maximum atomic E-state index is 4.01. The average Bonchev–Trinajstić information content (AvgIpc) is 2.59. The van der Waals surface area contributed by atoms with Crippen LogP contribution in [-0.4, -0.2) is 23.3 Å². The van der Waals surface area contributed by atoms with Crippen LogP contribution in [0.1, 0.15) is 39.5 Å². The molecule has 0 amide bonds. The Bertz CT molecular complexity index is 480. The molecule has 1 saturated heterocycles. The molecule has 1 aromatic rings. The lowest BCUT2D eigenvalue weighted by Crippen LogP contribution is -2.61. The van der Waals surface area contributed by atoms with Crippen molar-refractivity contribution < 1.29 is 0 Å². The third-order valence-corrected chi connectivity index (χ3v) is 16.5. The van der Waals surface area contributed by atoms with Crippen LogP contribution < -0.4 is 5.19 Å². The van der Waals surface area contributed by atoms with Gasteiger partial charge in [0.15, 0.2) is 0 Å². The van der Waals surface area contributed by atoms with Crippen LogP contribution >= 0.6 is 23.5 Å². The minimum atomic E-state index is -1.61. The van der Waals surface area contributed by atoms with Crippen LogP contribution in [0.3, 0.4) is 0 Å². The molecule has 0 N–H and O–H groups in total. The largest absolute Gasteiger partial charge is 0.147 e. The normalized spacial score (nSPS) is 20.2. The molecule has 1 atom stereocenters. The molecule has 1 aliphatic heterocycles. The highest BCUT2D eigenvalue weighted by Gasteiger charge is 2.51. The van der Waals surface area contributed by atoms with Gasteiger partial charge in [0, 0.05) is 0 Å². The Hall–Kier alpha value is -0.123. The molecule has 0 aromatic heterocycles. The minimum Gasteiger partial charge on any atom is -0.147 e. The van der Waals surface area contributed by atoms with Gasteiger partial charge in [0.25, 0.3) is 0 Å². The van der Waals surface area contributed by atoms with Crippen LogP contribution in [0, 0.1) is 5.92 Å². The standard InChI is InChI=1S/C20H32S2Si/c1-5-6-17-23(4,19-11-8-7-9-12-19)20(14-13-18(2)3)21-15-10-16-22-20/h5,7-9,11-12,18H,1,6,10,13-17H2,2-4H3. The van der Waals surface area contributed by atoms with Gasteiger partial charge >= 0.3 is 0 Å². The van der Waals surface area contributed by atoms with Crippen LogP contribution in [0.2, 0.25) is 12.6 Å². The summed E-state index contributed by atoms with van der Waals surface area (Å²) in [5.74, 6) is 3.48. The quantitative estimate of drug-likeness (QED) is 0.404. The number of allylic oxidation sites excluding steroid dienone is 1. The number of benzene rings is 1. The number of hydrogen-bond acceptors (Lipinski definition) is 2. The van der Waals surface area contributed by atoms with E-state index in [9.17, 15) is 0 Å². The van der Waals surface area contributed by atoms with Crippen molar-refractivity contribution in [3.63, 3.8) is 0 Å². The van der Waals surface area contributed by atoms with Gasteiger partial charge in [-0.3, -0.25) is 0 Å². The molecule has 1 heterocycles. The summed E-state index contributed by atoms with van der Waals surface area (Å²) in [6.45, 7) is 11.4. The Morgan fingerprint density at radius 3 is 2.43 bits per heavy atom. The van der Waals surface area contributed by atoms with Gasteiger partial charge in [0.2, 0.25) is 0 Å². The van der Waals surface area contributed by atoms with Gasteiger partial charge in [-0.15, -0.1) is 30.1 Å². The summed E-state index contributed by atoms with van der Waals surface area (Å²) in [5.41, 5.74) is 0. The molecule has 2 rings (SSSR count). The fourth-order valence-electron chi connectivity index (χ4n) is 3.54. The van der Waals surface area contributed by atoms with E-state index in [4.69, 9.17) is 0 Å². The summed E-state index contributed by atoms with van der Waals surface area (Å²) in [4.78, 5) is 0. The second-order valence-corrected chi connectivity index (χ2v) is 15.6. The van der Waals surface area contributed by atoms with Crippen LogP contribution in [0.25, 0.3) is 0 Å². The summed E-state index contributed by atoms with van der Waals surface area (Å²) in [6.07, 6.45) is 7.38. The molecule has 1 unspecified atom stereocenters. The second-order valence-electron chi connectivity index (χ2n) is 7.26. The summed E-state index contributed by atoms with van der Waals surface area (Å²) in [6, 6.07) is 12.8. The molecule has 0 spiro atoms. The molecule has 23 heavy (non-hydrogen) atoms.